The van der Waals surface area contributed by atoms with Crippen molar-refractivity contribution in [2.24, 2.45) is 52.3 Å². The van der Waals surface area contributed by atoms with Crippen molar-refractivity contribution in [3.63, 3.8) is 0 Å². The molecule has 4 heteroatoms. The molecule has 200 valence electrons. The highest BCUT2D eigenvalue weighted by atomic mass is 16.5. The van der Waals surface area contributed by atoms with Gasteiger partial charge in [0.15, 0.2) is 0 Å². The van der Waals surface area contributed by atoms with Gasteiger partial charge in [0, 0.05) is 5.92 Å². The standard InChI is InChI=1S/C31H52O4/c1-19(2)27(32)11-6-20(3)23-9-10-24-22-7-8-26-29(33)28(35-18-21-16-34-17-21)13-15-31(26,5)25(22)12-14-30(23,24)4/h8,19-25,27-29,32-33H,6-7,9-18H2,1-5H3/t20-,22+,23-,24+,25+,27-,28+,29-,30-,31-/m1/s1. The van der Waals surface area contributed by atoms with Crippen LogP contribution in [-0.2, 0) is 9.47 Å². The van der Waals surface area contributed by atoms with Crippen LogP contribution >= 0.6 is 0 Å². The highest BCUT2D eigenvalue weighted by Gasteiger charge is 2.60. The largest absolute Gasteiger partial charge is 0.393 e. The number of aliphatic hydroxyl groups excluding tert-OH is 2. The lowest BCUT2D eigenvalue weighted by Gasteiger charge is -2.59. The molecule has 0 amide bonds. The van der Waals surface area contributed by atoms with E-state index >= 15 is 0 Å². The molecule has 3 saturated carbocycles. The Morgan fingerprint density at radius 2 is 1.80 bits per heavy atom. The number of rotatable bonds is 8. The molecule has 5 rings (SSSR count). The zero-order chi connectivity index (χ0) is 25.0. The third kappa shape index (κ3) is 4.57. The predicted molar refractivity (Wildman–Crippen MR) is 140 cm³/mol. The number of allylic oxidation sites excluding steroid dienone is 1. The van der Waals surface area contributed by atoms with Gasteiger partial charge in [-0.1, -0.05) is 40.7 Å². The molecule has 0 aromatic heterocycles. The smallest absolute Gasteiger partial charge is 0.102 e. The summed E-state index contributed by atoms with van der Waals surface area (Å²) in [5.74, 6) is 4.62. The second-order valence-electron chi connectivity index (χ2n) is 14.0. The van der Waals surface area contributed by atoms with E-state index in [1.165, 1.54) is 31.3 Å². The van der Waals surface area contributed by atoms with Crippen LogP contribution in [0.3, 0.4) is 0 Å². The van der Waals surface area contributed by atoms with Crippen LogP contribution in [-0.4, -0.2) is 48.3 Å². The Balaban J connectivity index is 1.26. The Morgan fingerprint density at radius 3 is 2.49 bits per heavy atom. The van der Waals surface area contributed by atoms with Crippen LogP contribution in [0.25, 0.3) is 0 Å². The fourth-order valence-electron chi connectivity index (χ4n) is 9.46. The molecular weight excluding hydrogens is 436 g/mol. The Morgan fingerprint density at radius 1 is 1.03 bits per heavy atom. The maximum Gasteiger partial charge on any atom is 0.102 e. The quantitative estimate of drug-likeness (QED) is 0.411. The molecule has 0 aromatic carbocycles. The van der Waals surface area contributed by atoms with Gasteiger partial charge in [-0.2, -0.15) is 0 Å². The van der Waals surface area contributed by atoms with E-state index in [9.17, 15) is 10.2 Å². The van der Waals surface area contributed by atoms with Crippen LogP contribution in [0.15, 0.2) is 11.6 Å². The van der Waals surface area contributed by atoms with E-state index in [0.29, 0.717) is 29.1 Å². The minimum absolute atomic E-state index is 0.0433. The molecule has 0 spiro atoms. The topological polar surface area (TPSA) is 58.9 Å². The van der Waals surface area contributed by atoms with Gasteiger partial charge in [0.05, 0.1) is 32.0 Å². The fraction of sp³-hybridized carbons (Fsp3) is 0.935. The molecule has 1 heterocycles. The molecule has 0 aromatic rings. The van der Waals surface area contributed by atoms with E-state index in [1.807, 2.05) is 0 Å². The summed E-state index contributed by atoms with van der Waals surface area (Å²) in [6, 6.07) is 0. The van der Waals surface area contributed by atoms with Crippen molar-refractivity contribution in [2.75, 3.05) is 19.8 Å². The first kappa shape index (κ1) is 26.2. The number of hydrogen-bond acceptors (Lipinski definition) is 4. The number of aliphatic hydroxyl groups is 2. The second-order valence-corrected chi connectivity index (χ2v) is 14.0. The molecule has 4 fully saturated rings. The van der Waals surface area contributed by atoms with E-state index < -0.39 is 6.10 Å². The lowest BCUT2D eigenvalue weighted by atomic mass is 9.46. The van der Waals surface area contributed by atoms with Gasteiger partial charge in [0.1, 0.15) is 6.10 Å². The minimum atomic E-state index is -0.437. The lowest BCUT2D eigenvalue weighted by molar-refractivity contribution is -0.128. The molecule has 4 nitrogen and oxygen atoms in total. The van der Waals surface area contributed by atoms with E-state index in [2.05, 4.69) is 40.7 Å². The monoisotopic (exact) mass is 488 g/mol. The first-order chi connectivity index (χ1) is 16.6. The third-order valence-electron chi connectivity index (χ3n) is 11.8. The SMILES string of the molecule is CC(C)[C@H](O)CC[C@@H](C)[C@H]1CC[C@H]2[C@@H]3CC=C4[C@@H](O)[C@@H](OCC5COC5)CC[C@]4(C)[C@H]3CC[C@]12C. The summed E-state index contributed by atoms with van der Waals surface area (Å²) in [6.45, 7) is 14.2. The predicted octanol–water partition coefficient (Wildman–Crippen LogP) is 6.00. The van der Waals surface area contributed by atoms with Crippen LogP contribution in [0.2, 0.25) is 0 Å². The fourth-order valence-corrected chi connectivity index (χ4v) is 9.46. The molecule has 4 aliphatic carbocycles. The summed E-state index contributed by atoms with van der Waals surface area (Å²) in [5, 5.41) is 21.8. The van der Waals surface area contributed by atoms with E-state index in [-0.39, 0.29) is 17.6 Å². The van der Waals surface area contributed by atoms with Crippen LogP contribution < -0.4 is 0 Å². The average Bonchev–Trinajstić information content (AvgIpc) is 3.15. The molecule has 0 unspecified atom stereocenters. The molecule has 0 radical (unpaired) electrons. The third-order valence-corrected chi connectivity index (χ3v) is 11.8. The Labute approximate surface area is 214 Å². The van der Waals surface area contributed by atoms with Crippen LogP contribution in [0.1, 0.15) is 92.4 Å². The molecule has 10 atom stereocenters. The van der Waals surface area contributed by atoms with E-state index in [0.717, 1.165) is 69.7 Å². The van der Waals surface area contributed by atoms with Crippen molar-refractivity contribution in [1.82, 2.24) is 0 Å². The van der Waals surface area contributed by atoms with Gasteiger partial charge in [-0.3, -0.25) is 0 Å². The molecular formula is C31H52O4. The molecule has 2 N–H and O–H groups in total. The molecule has 5 aliphatic rings. The molecule has 1 aliphatic heterocycles. The zero-order valence-corrected chi connectivity index (χ0v) is 23.0. The second kappa shape index (κ2) is 10.0. The van der Waals surface area contributed by atoms with Gasteiger partial charge in [0.2, 0.25) is 0 Å². The number of hydrogen-bond donors (Lipinski definition) is 2. The first-order valence-electron chi connectivity index (χ1n) is 14.9. The van der Waals surface area contributed by atoms with Gasteiger partial charge in [-0.15, -0.1) is 0 Å². The van der Waals surface area contributed by atoms with E-state index in [1.54, 1.807) is 0 Å². The maximum atomic E-state index is 11.4. The Bertz CT molecular complexity index is 774. The normalized spacial score (nSPS) is 45.2. The first-order valence-corrected chi connectivity index (χ1v) is 14.9. The van der Waals surface area contributed by atoms with Crippen molar-refractivity contribution in [2.45, 2.75) is 111 Å². The highest BCUT2D eigenvalue weighted by molar-refractivity contribution is 5.29. The van der Waals surface area contributed by atoms with Gasteiger partial charge < -0.3 is 19.7 Å². The molecule has 1 saturated heterocycles. The Hall–Kier alpha value is -0.420. The maximum absolute atomic E-state index is 11.4. The van der Waals surface area contributed by atoms with Crippen molar-refractivity contribution in [1.29, 1.82) is 0 Å². The van der Waals surface area contributed by atoms with E-state index in [4.69, 9.17) is 9.47 Å². The van der Waals surface area contributed by atoms with Crippen molar-refractivity contribution >= 4 is 0 Å². The summed E-state index contributed by atoms with van der Waals surface area (Å²) < 4.78 is 11.5. The van der Waals surface area contributed by atoms with Gasteiger partial charge >= 0.3 is 0 Å². The number of fused-ring (bicyclic) bond motifs is 5. The van der Waals surface area contributed by atoms with Gasteiger partial charge in [-0.05, 0) is 110 Å². The summed E-state index contributed by atoms with van der Waals surface area (Å²) >= 11 is 0. The van der Waals surface area contributed by atoms with Crippen LogP contribution in [0, 0.1) is 52.3 Å². The zero-order valence-electron chi connectivity index (χ0n) is 23.0. The minimum Gasteiger partial charge on any atom is -0.393 e. The highest BCUT2D eigenvalue weighted by Crippen LogP contribution is 2.67. The summed E-state index contributed by atoms with van der Waals surface area (Å²) in [4.78, 5) is 0. The summed E-state index contributed by atoms with van der Waals surface area (Å²) in [5.41, 5.74) is 1.87. The molecule has 0 bridgehead atoms. The summed E-state index contributed by atoms with van der Waals surface area (Å²) in [7, 11) is 0. The van der Waals surface area contributed by atoms with Gasteiger partial charge in [0.25, 0.3) is 0 Å². The van der Waals surface area contributed by atoms with Crippen LogP contribution in [0.5, 0.6) is 0 Å². The van der Waals surface area contributed by atoms with Crippen molar-refractivity contribution in [3.05, 3.63) is 11.6 Å². The van der Waals surface area contributed by atoms with Crippen LogP contribution in [0.4, 0.5) is 0 Å². The van der Waals surface area contributed by atoms with Gasteiger partial charge in [-0.25, -0.2) is 0 Å². The van der Waals surface area contributed by atoms with Crippen molar-refractivity contribution in [3.8, 4) is 0 Å². The lowest BCUT2D eigenvalue weighted by Crippen LogP contribution is -2.54. The van der Waals surface area contributed by atoms with Crippen molar-refractivity contribution < 1.29 is 19.7 Å². The average molecular weight is 489 g/mol. The number of ether oxygens (including phenoxy) is 2. The Kier molecular flexibility index (Phi) is 7.52. The molecule has 35 heavy (non-hydrogen) atoms. The summed E-state index contributed by atoms with van der Waals surface area (Å²) in [6.07, 6.45) is 12.6.